The second kappa shape index (κ2) is 12.0. The number of halogens is 1. The second-order valence-electron chi connectivity index (χ2n) is 9.29. The van der Waals surface area contributed by atoms with E-state index in [0.29, 0.717) is 22.6 Å². The zero-order chi connectivity index (χ0) is 29.2. The molecular weight excluding hydrogens is 585 g/mol. The van der Waals surface area contributed by atoms with Gasteiger partial charge in [-0.15, -0.1) is 11.3 Å². The van der Waals surface area contributed by atoms with E-state index in [1.165, 1.54) is 48.3 Å². The predicted molar refractivity (Wildman–Crippen MR) is 146 cm³/mol. The standard InChI is InChI=1S/C25H26FN3O8S3/c1-13-4-6-15-17(8-13)38-23(22(15)24(33)37-3)27-19(30)11-40(34,35)12-20(31)28-25-29(10-21(32)36-2)16-7-5-14(26)9-18(16)39-25/h5,7,9,13H,4,6,8,10-12H2,1-3H3,(H,27,30). The van der Waals surface area contributed by atoms with Gasteiger partial charge in [0.1, 0.15) is 28.9 Å². The Morgan fingerprint density at radius 1 is 1.15 bits per heavy atom. The largest absolute Gasteiger partial charge is 0.468 e. The van der Waals surface area contributed by atoms with Gasteiger partial charge < -0.3 is 19.4 Å². The van der Waals surface area contributed by atoms with Crippen molar-refractivity contribution < 1.29 is 41.5 Å². The van der Waals surface area contributed by atoms with Crippen LogP contribution in [0.4, 0.5) is 9.39 Å². The molecule has 1 aliphatic carbocycles. The summed E-state index contributed by atoms with van der Waals surface area (Å²) in [6, 6.07) is 3.78. The summed E-state index contributed by atoms with van der Waals surface area (Å²) >= 11 is 2.10. The number of nitrogens with zero attached hydrogens (tertiary/aromatic N) is 2. The van der Waals surface area contributed by atoms with Gasteiger partial charge >= 0.3 is 11.9 Å². The van der Waals surface area contributed by atoms with Crippen LogP contribution in [0.3, 0.4) is 0 Å². The average Bonchev–Trinajstić information content (AvgIpc) is 3.38. The molecule has 2 heterocycles. The summed E-state index contributed by atoms with van der Waals surface area (Å²) in [5.41, 5.74) is 1.42. The molecule has 11 nitrogen and oxygen atoms in total. The van der Waals surface area contributed by atoms with Gasteiger partial charge in [0.05, 0.1) is 30.0 Å². The Kier molecular flexibility index (Phi) is 8.85. The molecule has 214 valence electrons. The van der Waals surface area contributed by atoms with Gasteiger partial charge in [0.15, 0.2) is 14.6 Å². The molecule has 0 aliphatic heterocycles. The molecule has 0 spiro atoms. The van der Waals surface area contributed by atoms with Gasteiger partial charge in [-0.05, 0) is 48.9 Å². The lowest BCUT2D eigenvalue weighted by Crippen LogP contribution is -2.29. The van der Waals surface area contributed by atoms with E-state index < -0.39 is 50.9 Å². The number of amides is 2. The van der Waals surface area contributed by atoms with E-state index in [2.05, 4.69) is 22.0 Å². The minimum absolute atomic E-state index is 0.0308. The number of thiazole rings is 1. The third-order valence-corrected chi connectivity index (χ3v) is 9.83. The summed E-state index contributed by atoms with van der Waals surface area (Å²) in [7, 11) is -1.87. The van der Waals surface area contributed by atoms with Gasteiger partial charge in [0.25, 0.3) is 5.91 Å². The van der Waals surface area contributed by atoms with Gasteiger partial charge in [-0.25, -0.2) is 17.6 Å². The number of ether oxygens (including phenoxy) is 2. The second-order valence-corrected chi connectivity index (χ2v) is 13.5. The van der Waals surface area contributed by atoms with Gasteiger partial charge in [-0.3, -0.25) is 14.4 Å². The topological polar surface area (TPSA) is 150 Å². The van der Waals surface area contributed by atoms with Crippen LogP contribution in [0.5, 0.6) is 0 Å². The fourth-order valence-electron chi connectivity index (χ4n) is 4.38. The third-order valence-electron chi connectivity index (χ3n) is 6.23. The van der Waals surface area contributed by atoms with E-state index in [1.54, 1.807) is 0 Å². The van der Waals surface area contributed by atoms with E-state index in [-0.39, 0.29) is 21.9 Å². The molecule has 1 aliphatic rings. The van der Waals surface area contributed by atoms with Gasteiger partial charge in [-0.2, -0.15) is 4.99 Å². The third kappa shape index (κ3) is 6.64. The molecule has 40 heavy (non-hydrogen) atoms. The van der Waals surface area contributed by atoms with E-state index >= 15 is 0 Å². The van der Waals surface area contributed by atoms with Crippen molar-refractivity contribution in [3.63, 3.8) is 0 Å². The van der Waals surface area contributed by atoms with Crippen molar-refractivity contribution in [1.29, 1.82) is 0 Å². The molecule has 1 aromatic carbocycles. The highest BCUT2D eigenvalue weighted by molar-refractivity contribution is 7.92. The number of hydrogen-bond donors (Lipinski definition) is 1. The van der Waals surface area contributed by atoms with Crippen LogP contribution in [0.25, 0.3) is 10.2 Å². The highest BCUT2D eigenvalue weighted by Crippen LogP contribution is 2.40. The van der Waals surface area contributed by atoms with Gasteiger partial charge in [0, 0.05) is 4.88 Å². The Morgan fingerprint density at radius 3 is 2.60 bits per heavy atom. The molecule has 1 N–H and O–H groups in total. The number of hydrogen-bond acceptors (Lipinski definition) is 10. The van der Waals surface area contributed by atoms with Crippen LogP contribution in [-0.4, -0.2) is 62.5 Å². The Hall–Kier alpha value is -3.43. The normalized spacial score (nSPS) is 15.5. The molecule has 1 unspecified atom stereocenters. The summed E-state index contributed by atoms with van der Waals surface area (Å²) < 4.78 is 50.4. The Bertz CT molecular complexity index is 1690. The summed E-state index contributed by atoms with van der Waals surface area (Å²) in [6.45, 7) is 1.75. The first-order chi connectivity index (χ1) is 18.9. The van der Waals surface area contributed by atoms with E-state index in [0.717, 1.165) is 34.6 Å². The molecule has 2 aromatic heterocycles. The molecule has 0 saturated carbocycles. The molecule has 0 fully saturated rings. The predicted octanol–water partition coefficient (Wildman–Crippen LogP) is 2.47. The van der Waals surface area contributed by atoms with Crippen molar-refractivity contribution in [3.05, 3.63) is 44.8 Å². The lowest BCUT2D eigenvalue weighted by molar-refractivity contribution is -0.141. The average molecular weight is 612 g/mol. The summed E-state index contributed by atoms with van der Waals surface area (Å²) in [4.78, 5) is 54.4. The summed E-state index contributed by atoms with van der Waals surface area (Å²) in [5, 5.41) is 2.72. The lowest BCUT2D eigenvalue weighted by Gasteiger charge is -2.18. The van der Waals surface area contributed by atoms with E-state index in [4.69, 9.17) is 4.74 Å². The number of carbonyl (C=O) groups is 4. The van der Waals surface area contributed by atoms with Crippen LogP contribution in [0.2, 0.25) is 0 Å². The molecule has 15 heteroatoms. The van der Waals surface area contributed by atoms with Crippen molar-refractivity contribution >= 4 is 71.5 Å². The zero-order valence-electron chi connectivity index (χ0n) is 21.8. The number of sulfone groups is 1. The van der Waals surface area contributed by atoms with E-state index in [9.17, 15) is 32.0 Å². The molecular formula is C25H26FN3O8S3. The maximum Gasteiger partial charge on any atom is 0.341 e. The highest BCUT2D eigenvalue weighted by Gasteiger charge is 2.30. The zero-order valence-corrected chi connectivity index (χ0v) is 24.3. The minimum Gasteiger partial charge on any atom is -0.468 e. The summed E-state index contributed by atoms with van der Waals surface area (Å²) in [6.07, 6.45) is 2.24. The van der Waals surface area contributed by atoms with Crippen LogP contribution in [0.1, 0.15) is 34.1 Å². The van der Waals surface area contributed by atoms with Crippen LogP contribution in [0, 0.1) is 11.7 Å². The number of esters is 2. The number of aromatic nitrogens is 1. The van der Waals surface area contributed by atoms with Crippen molar-refractivity contribution in [2.45, 2.75) is 32.7 Å². The Balaban J connectivity index is 1.53. The number of thiophene rings is 1. The number of carbonyl (C=O) groups excluding carboxylic acids is 4. The van der Waals surface area contributed by atoms with Crippen molar-refractivity contribution in [2.24, 2.45) is 10.9 Å². The number of rotatable bonds is 8. The first-order valence-electron chi connectivity index (χ1n) is 12.1. The number of nitrogens with one attached hydrogen (secondary N) is 1. The monoisotopic (exact) mass is 611 g/mol. The number of methoxy groups -OCH3 is 2. The smallest absolute Gasteiger partial charge is 0.341 e. The SMILES string of the molecule is COC(=O)Cn1c(=NC(=O)CS(=O)(=O)CC(=O)Nc2sc3c(c2C(=O)OC)CCC(C)C3)sc2cc(F)ccc21. The number of anilines is 1. The summed E-state index contributed by atoms with van der Waals surface area (Å²) in [5.74, 6) is -5.50. The Morgan fingerprint density at radius 2 is 1.90 bits per heavy atom. The fraction of sp³-hybridized carbons (Fsp3) is 0.400. The van der Waals surface area contributed by atoms with Gasteiger partial charge in [-0.1, -0.05) is 18.3 Å². The maximum atomic E-state index is 13.7. The Labute approximate surface area is 236 Å². The van der Waals surface area contributed by atoms with Crippen molar-refractivity contribution in [3.8, 4) is 0 Å². The highest BCUT2D eigenvalue weighted by atomic mass is 32.2. The minimum atomic E-state index is -4.27. The molecule has 0 saturated heterocycles. The van der Waals surface area contributed by atoms with E-state index in [1.807, 2.05) is 0 Å². The molecule has 4 rings (SSSR count). The first kappa shape index (κ1) is 29.6. The lowest BCUT2D eigenvalue weighted by atomic mass is 9.88. The molecule has 1 atom stereocenters. The molecule has 3 aromatic rings. The fourth-order valence-corrected chi connectivity index (χ4v) is 7.88. The quantitative estimate of drug-likeness (QED) is 0.382. The molecule has 2 amide bonds. The van der Waals surface area contributed by atoms with Crippen LogP contribution in [0.15, 0.2) is 23.2 Å². The number of fused-ring (bicyclic) bond motifs is 2. The first-order valence-corrected chi connectivity index (χ1v) is 15.5. The van der Waals surface area contributed by atoms with Gasteiger partial charge in [0.2, 0.25) is 5.91 Å². The van der Waals surface area contributed by atoms with Crippen LogP contribution >= 0.6 is 22.7 Å². The van der Waals surface area contributed by atoms with Crippen molar-refractivity contribution in [2.75, 3.05) is 31.0 Å². The number of benzene rings is 1. The molecule has 0 bridgehead atoms. The van der Waals surface area contributed by atoms with Crippen molar-refractivity contribution in [1.82, 2.24) is 4.57 Å². The maximum absolute atomic E-state index is 13.7. The molecule has 0 radical (unpaired) electrons. The van der Waals surface area contributed by atoms with Crippen LogP contribution < -0.4 is 10.1 Å². The van der Waals surface area contributed by atoms with Crippen LogP contribution in [-0.2, 0) is 53.1 Å².